The zero-order valence-corrected chi connectivity index (χ0v) is 18.5. The Morgan fingerprint density at radius 1 is 0.700 bits per heavy atom. The molecule has 0 aliphatic carbocycles. The summed E-state index contributed by atoms with van der Waals surface area (Å²) in [5.41, 5.74) is 1.52. The van der Waals surface area contributed by atoms with Gasteiger partial charge in [-0.25, -0.2) is 0 Å². The summed E-state index contributed by atoms with van der Waals surface area (Å²) >= 11 is 24.0. The van der Waals surface area contributed by atoms with Crippen LogP contribution in [0.25, 0.3) is 0 Å². The van der Waals surface area contributed by atoms with Crippen LogP contribution in [0.5, 0.6) is 5.75 Å². The molecule has 0 heterocycles. The Bertz CT molecular complexity index is 1120. The predicted molar refractivity (Wildman–Crippen MR) is 122 cm³/mol. The number of benzene rings is 3. The largest absolute Gasteiger partial charge is 0.494 e. The Hall–Kier alpha value is -2.44. The second-order valence-corrected chi connectivity index (χ2v) is 7.77. The quantitative estimate of drug-likeness (QED) is 0.418. The third-order valence-electron chi connectivity index (χ3n) is 4.03. The van der Waals surface area contributed by atoms with Crippen molar-refractivity contribution in [2.45, 2.75) is 0 Å². The van der Waals surface area contributed by atoms with E-state index < -0.39 is 5.91 Å². The zero-order valence-electron chi connectivity index (χ0n) is 15.4. The van der Waals surface area contributed by atoms with Gasteiger partial charge in [-0.15, -0.1) is 0 Å². The van der Waals surface area contributed by atoms with Crippen LogP contribution in [0.2, 0.25) is 20.1 Å². The lowest BCUT2D eigenvalue weighted by Crippen LogP contribution is -2.14. The number of nitrogens with one attached hydrogen (secondary N) is 2. The summed E-state index contributed by atoms with van der Waals surface area (Å²) < 4.78 is 5.19. The Balaban J connectivity index is 1.72. The van der Waals surface area contributed by atoms with Crippen molar-refractivity contribution in [2.75, 3.05) is 17.7 Å². The first-order valence-corrected chi connectivity index (χ1v) is 10.0. The number of rotatable bonds is 5. The molecule has 5 nitrogen and oxygen atoms in total. The van der Waals surface area contributed by atoms with Crippen molar-refractivity contribution in [3.8, 4) is 5.75 Å². The summed E-state index contributed by atoms with van der Waals surface area (Å²) in [6.45, 7) is 0. The number of amides is 2. The lowest BCUT2D eigenvalue weighted by molar-refractivity contribution is 0.101. The fraction of sp³-hybridized carbons (Fsp3) is 0.0476. The molecule has 0 aliphatic heterocycles. The standard InChI is InChI=1S/C21H14Cl4N2O3/c1-30-19-16(8-12(23)10-18(19)25)21(29)27-14-5-3-13(4-6-14)26-20(28)15-7-2-11(22)9-17(15)24/h2-10H,1H3,(H,26,28)(H,27,29). The molecule has 0 fully saturated rings. The van der Waals surface area contributed by atoms with E-state index in [0.29, 0.717) is 27.0 Å². The Morgan fingerprint density at radius 3 is 1.77 bits per heavy atom. The van der Waals surface area contributed by atoms with Crippen LogP contribution >= 0.6 is 46.4 Å². The molecule has 154 valence electrons. The molecule has 3 rings (SSSR count). The van der Waals surface area contributed by atoms with E-state index in [1.54, 1.807) is 30.3 Å². The van der Waals surface area contributed by atoms with Gasteiger partial charge in [-0.1, -0.05) is 46.4 Å². The van der Waals surface area contributed by atoms with E-state index in [-0.39, 0.29) is 27.3 Å². The first kappa shape index (κ1) is 22.2. The lowest BCUT2D eigenvalue weighted by atomic mass is 10.1. The van der Waals surface area contributed by atoms with Gasteiger partial charge in [0, 0.05) is 21.4 Å². The van der Waals surface area contributed by atoms with E-state index in [0.717, 1.165) is 0 Å². The second-order valence-electron chi connectivity index (χ2n) is 6.08. The summed E-state index contributed by atoms with van der Waals surface area (Å²) in [6.07, 6.45) is 0. The van der Waals surface area contributed by atoms with Crippen molar-refractivity contribution < 1.29 is 14.3 Å². The van der Waals surface area contributed by atoms with Gasteiger partial charge < -0.3 is 15.4 Å². The highest BCUT2D eigenvalue weighted by atomic mass is 35.5. The number of carbonyl (C=O) groups excluding carboxylic acids is 2. The Morgan fingerprint density at radius 2 is 1.23 bits per heavy atom. The molecule has 0 atom stereocenters. The summed E-state index contributed by atoms with van der Waals surface area (Å²) in [5.74, 6) is -0.602. The first-order valence-electron chi connectivity index (χ1n) is 8.49. The summed E-state index contributed by atoms with van der Waals surface area (Å²) in [4.78, 5) is 25.0. The SMILES string of the molecule is COc1c(Cl)cc(Cl)cc1C(=O)Nc1ccc(NC(=O)c2ccc(Cl)cc2Cl)cc1. The van der Waals surface area contributed by atoms with Gasteiger partial charge in [-0.2, -0.15) is 0 Å². The maximum absolute atomic E-state index is 12.6. The maximum Gasteiger partial charge on any atom is 0.259 e. The maximum atomic E-state index is 12.6. The number of methoxy groups -OCH3 is 1. The molecule has 0 saturated carbocycles. The van der Waals surface area contributed by atoms with Gasteiger partial charge in [0.2, 0.25) is 0 Å². The van der Waals surface area contributed by atoms with Crippen LogP contribution in [0.4, 0.5) is 11.4 Å². The van der Waals surface area contributed by atoms with Crippen LogP contribution < -0.4 is 15.4 Å². The van der Waals surface area contributed by atoms with E-state index in [1.807, 2.05) is 0 Å². The molecule has 0 unspecified atom stereocenters. The van der Waals surface area contributed by atoms with Gasteiger partial charge in [0.25, 0.3) is 11.8 Å². The van der Waals surface area contributed by atoms with Crippen LogP contribution in [0.15, 0.2) is 54.6 Å². The summed E-state index contributed by atoms with van der Waals surface area (Å²) in [6, 6.07) is 14.1. The minimum absolute atomic E-state index is 0.199. The van der Waals surface area contributed by atoms with Crippen molar-refractivity contribution in [3.63, 3.8) is 0 Å². The molecule has 3 aromatic rings. The molecule has 0 saturated heterocycles. The number of hydrogen-bond acceptors (Lipinski definition) is 3. The Labute approximate surface area is 192 Å². The molecule has 0 aromatic heterocycles. The van der Waals surface area contributed by atoms with E-state index >= 15 is 0 Å². The van der Waals surface area contributed by atoms with Crippen LogP contribution in [0.3, 0.4) is 0 Å². The highest BCUT2D eigenvalue weighted by Gasteiger charge is 2.17. The molecule has 2 amide bonds. The number of anilines is 2. The fourth-order valence-electron chi connectivity index (χ4n) is 2.64. The summed E-state index contributed by atoms with van der Waals surface area (Å²) in [5, 5.41) is 6.69. The number of halogens is 4. The normalized spacial score (nSPS) is 10.4. The van der Waals surface area contributed by atoms with Crippen LogP contribution in [0.1, 0.15) is 20.7 Å². The van der Waals surface area contributed by atoms with Gasteiger partial charge >= 0.3 is 0 Å². The zero-order chi connectivity index (χ0) is 21.8. The molecular formula is C21H14Cl4N2O3. The highest BCUT2D eigenvalue weighted by molar-refractivity contribution is 6.37. The summed E-state index contributed by atoms with van der Waals surface area (Å²) in [7, 11) is 1.41. The van der Waals surface area contributed by atoms with Crippen LogP contribution in [-0.2, 0) is 0 Å². The van der Waals surface area contributed by atoms with Crippen molar-refractivity contribution >= 4 is 69.6 Å². The van der Waals surface area contributed by atoms with Crippen molar-refractivity contribution in [2.24, 2.45) is 0 Å². The van der Waals surface area contributed by atoms with Crippen LogP contribution in [0, 0.1) is 0 Å². The third-order valence-corrected chi connectivity index (χ3v) is 5.08. The topological polar surface area (TPSA) is 67.4 Å². The monoisotopic (exact) mass is 482 g/mol. The number of carbonyl (C=O) groups is 2. The number of ether oxygens (including phenoxy) is 1. The Kier molecular flexibility index (Phi) is 7.10. The molecule has 2 N–H and O–H groups in total. The fourth-order valence-corrected chi connectivity index (χ4v) is 3.71. The van der Waals surface area contributed by atoms with Crippen molar-refractivity contribution in [3.05, 3.63) is 85.8 Å². The minimum Gasteiger partial charge on any atom is -0.494 e. The smallest absolute Gasteiger partial charge is 0.259 e. The molecular weight excluding hydrogens is 470 g/mol. The molecule has 9 heteroatoms. The molecule has 3 aromatic carbocycles. The molecule has 0 radical (unpaired) electrons. The first-order chi connectivity index (χ1) is 14.3. The predicted octanol–water partition coefficient (Wildman–Crippen LogP) is 6.81. The third kappa shape index (κ3) is 5.18. The van der Waals surface area contributed by atoms with Gasteiger partial charge in [-0.05, 0) is 54.6 Å². The lowest BCUT2D eigenvalue weighted by Gasteiger charge is -2.12. The highest BCUT2D eigenvalue weighted by Crippen LogP contribution is 2.32. The minimum atomic E-state index is -0.444. The molecule has 30 heavy (non-hydrogen) atoms. The van der Waals surface area contributed by atoms with Crippen molar-refractivity contribution in [1.82, 2.24) is 0 Å². The van der Waals surface area contributed by atoms with E-state index in [2.05, 4.69) is 10.6 Å². The van der Waals surface area contributed by atoms with Gasteiger partial charge in [0.15, 0.2) is 0 Å². The van der Waals surface area contributed by atoms with Gasteiger partial charge in [-0.3, -0.25) is 9.59 Å². The van der Waals surface area contributed by atoms with E-state index in [4.69, 9.17) is 51.1 Å². The van der Waals surface area contributed by atoms with Crippen LogP contribution in [-0.4, -0.2) is 18.9 Å². The van der Waals surface area contributed by atoms with Crippen molar-refractivity contribution in [1.29, 1.82) is 0 Å². The van der Waals surface area contributed by atoms with E-state index in [1.165, 1.54) is 31.4 Å². The number of hydrogen-bond donors (Lipinski definition) is 2. The molecule has 0 aliphatic rings. The van der Waals surface area contributed by atoms with E-state index in [9.17, 15) is 9.59 Å². The molecule has 0 spiro atoms. The molecule has 0 bridgehead atoms. The van der Waals surface area contributed by atoms with Gasteiger partial charge in [0.05, 0.1) is 28.3 Å². The average Bonchev–Trinajstić information content (AvgIpc) is 2.68. The average molecular weight is 484 g/mol. The van der Waals surface area contributed by atoms with Gasteiger partial charge in [0.1, 0.15) is 5.75 Å². The second kappa shape index (κ2) is 9.58.